The maximum Gasteiger partial charge on any atom is 0.179 e. The van der Waals surface area contributed by atoms with E-state index in [4.69, 9.17) is 25.5 Å². The standard InChI is InChI=1S/C17H14ClF2NO6S/c1-25-8-5-9(26-2)14(20)12(13(8)19)15(22)16-17(28(3,23)24)7-4-11(18)21-6-10(7)27-16/h4-6,15,22H,1-3H3. The van der Waals surface area contributed by atoms with E-state index >= 15 is 0 Å². The first kappa shape index (κ1) is 20.3. The lowest BCUT2D eigenvalue weighted by atomic mass is 10.0. The van der Waals surface area contributed by atoms with E-state index < -0.39 is 55.3 Å². The van der Waals surface area contributed by atoms with Crippen LogP contribution in [0.3, 0.4) is 0 Å². The summed E-state index contributed by atoms with van der Waals surface area (Å²) in [6, 6.07) is 2.17. The van der Waals surface area contributed by atoms with Crippen LogP contribution in [0.1, 0.15) is 17.4 Å². The van der Waals surface area contributed by atoms with Crippen LogP contribution in [-0.2, 0) is 9.84 Å². The first-order valence-electron chi connectivity index (χ1n) is 7.66. The van der Waals surface area contributed by atoms with Crippen molar-refractivity contribution >= 4 is 32.4 Å². The highest BCUT2D eigenvalue weighted by Gasteiger charge is 2.34. The van der Waals surface area contributed by atoms with Gasteiger partial charge in [-0.05, 0) is 6.07 Å². The Balaban J connectivity index is 2.36. The van der Waals surface area contributed by atoms with Crippen molar-refractivity contribution in [1.29, 1.82) is 0 Å². The molecule has 0 bridgehead atoms. The third-order valence-electron chi connectivity index (χ3n) is 4.02. The van der Waals surface area contributed by atoms with Crippen molar-refractivity contribution in [3.8, 4) is 11.5 Å². The maximum atomic E-state index is 14.7. The minimum absolute atomic E-state index is 0.0206. The molecule has 0 fully saturated rings. The molecule has 1 aromatic carbocycles. The summed E-state index contributed by atoms with van der Waals surface area (Å²) in [6.45, 7) is 0. The molecular formula is C17H14ClF2NO6S. The van der Waals surface area contributed by atoms with Crippen molar-refractivity contribution in [1.82, 2.24) is 4.98 Å². The van der Waals surface area contributed by atoms with Crippen LogP contribution >= 0.6 is 11.6 Å². The largest absolute Gasteiger partial charge is 0.494 e. The summed E-state index contributed by atoms with van der Waals surface area (Å²) in [7, 11) is -1.71. The normalized spacial score (nSPS) is 13.0. The summed E-state index contributed by atoms with van der Waals surface area (Å²) in [6.07, 6.45) is -0.123. The van der Waals surface area contributed by atoms with Crippen LogP contribution in [0.25, 0.3) is 11.0 Å². The monoisotopic (exact) mass is 433 g/mol. The molecule has 2 heterocycles. The van der Waals surface area contributed by atoms with Crippen molar-refractivity contribution in [2.75, 3.05) is 20.5 Å². The summed E-state index contributed by atoms with van der Waals surface area (Å²) in [5, 5.41) is 10.7. The molecular weight excluding hydrogens is 420 g/mol. The van der Waals surface area contributed by atoms with E-state index in [1.54, 1.807) is 0 Å². The summed E-state index contributed by atoms with van der Waals surface area (Å²) < 4.78 is 69.2. The van der Waals surface area contributed by atoms with Gasteiger partial charge in [-0.15, -0.1) is 0 Å². The molecule has 2 aromatic heterocycles. The van der Waals surface area contributed by atoms with Crippen LogP contribution in [0.2, 0.25) is 5.15 Å². The van der Waals surface area contributed by atoms with Crippen molar-refractivity contribution in [3.63, 3.8) is 0 Å². The Morgan fingerprint density at radius 2 is 1.75 bits per heavy atom. The number of halogens is 3. The lowest BCUT2D eigenvalue weighted by Gasteiger charge is -2.16. The zero-order valence-corrected chi connectivity index (χ0v) is 16.4. The van der Waals surface area contributed by atoms with Gasteiger partial charge in [0, 0.05) is 17.7 Å². The van der Waals surface area contributed by atoms with E-state index in [0.29, 0.717) is 0 Å². The van der Waals surface area contributed by atoms with Gasteiger partial charge in [0.1, 0.15) is 16.2 Å². The van der Waals surface area contributed by atoms with Crippen LogP contribution in [0.5, 0.6) is 11.5 Å². The SMILES string of the molecule is COc1cc(OC)c(F)c(C(O)c2oc3cnc(Cl)cc3c2S(C)(=O)=O)c1F. The number of sulfone groups is 1. The smallest absolute Gasteiger partial charge is 0.179 e. The highest BCUT2D eigenvalue weighted by atomic mass is 35.5. The van der Waals surface area contributed by atoms with Crippen molar-refractivity contribution in [3.05, 3.63) is 46.4 Å². The molecule has 0 aliphatic heterocycles. The number of aliphatic hydroxyl groups excluding tert-OH is 1. The molecule has 1 unspecified atom stereocenters. The molecule has 150 valence electrons. The summed E-state index contributed by atoms with van der Waals surface area (Å²) in [5.74, 6) is -3.87. The second kappa shape index (κ2) is 7.19. The molecule has 1 N–H and O–H groups in total. The minimum atomic E-state index is -3.99. The van der Waals surface area contributed by atoms with Crippen LogP contribution in [-0.4, -0.2) is 39.0 Å². The van der Waals surface area contributed by atoms with Crippen molar-refractivity contribution < 1.29 is 36.2 Å². The predicted octanol–water partition coefficient (Wildman–Crippen LogP) is 3.26. The van der Waals surface area contributed by atoms with Crippen molar-refractivity contribution in [2.24, 2.45) is 0 Å². The zero-order valence-electron chi connectivity index (χ0n) is 14.8. The van der Waals surface area contributed by atoms with Gasteiger partial charge < -0.3 is 19.0 Å². The zero-order chi connectivity index (χ0) is 20.8. The highest BCUT2D eigenvalue weighted by molar-refractivity contribution is 7.91. The Hall–Kier alpha value is -2.43. The van der Waals surface area contributed by atoms with Gasteiger partial charge in [-0.2, -0.15) is 0 Å². The molecule has 0 saturated carbocycles. The van der Waals surface area contributed by atoms with Crippen LogP contribution in [0.4, 0.5) is 8.78 Å². The maximum absolute atomic E-state index is 14.7. The van der Waals surface area contributed by atoms with E-state index in [1.165, 1.54) is 6.07 Å². The Labute approximate surface area is 163 Å². The minimum Gasteiger partial charge on any atom is -0.494 e. The van der Waals surface area contributed by atoms with E-state index in [2.05, 4.69) is 4.98 Å². The summed E-state index contributed by atoms with van der Waals surface area (Å²) in [4.78, 5) is 3.31. The summed E-state index contributed by atoms with van der Waals surface area (Å²) in [5.41, 5.74) is -0.922. The Morgan fingerprint density at radius 1 is 1.18 bits per heavy atom. The molecule has 3 aromatic rings. The van der Waals surface area contributed by atoms with Gasteiger partial charge >= 0.3 is 0 Å². The fraction of sp³-hybridized carbons (Fsp3) is 0.235. The first-order valence-corrected chi connectivity index (χ1v) is 9.93. The van der Waals surface area contributed by atoms with Gasteiger partial charge in [0.05, 0.1) is 26.0 Å². The predicted molar refractivity (Wildman–Crippen MR) is 95.7 cm³/mol. The average molecular weight is 434 g/mol. The second-order valence-electron chi connectivity index (χ2n) is 5.80. The average Bonchev–Trinajstić information content (AvgIpc) is 3.00. The molecule has 0 radical (unpaired) electrons. The molecule has 1 atom stereocenters. The number of ether oxygens (including phenoxy) is 2. The Bertz CT molecular complexity index is 1150. The van der Waals surface area contributed by atoms with Gasteiger partial charge in [0.15, 0.2) is 44.3 Å². The van der Waals surface area contributed by atoms with Gasteiger partial charge in [0.2, 0.25) is 0 Å². The number of hydrogen-bond donors (Lipinski definition) is 1. The number of aliphatic hydroxyl groups is 1. The molecule has 0 amide bonds. The topological polar surface area (TPSA) is 98.9 Å². The highest BCUT2D eigenvalue weighted by Crippen LogP contribution is 2.41. The number of fused-ring (bicyclic) bond motifs is 1. The molecule has 0 aliphatic carbocycles. The fourth-order valence-electron chi connectivity index (χ4n) is 2.81. The number of methoxy groups -OCH3 is 2. The lowest BCUT2D eigenvalue weighted by Crippen LogP contribution is -2.11. The molecule has 7 nitrogen and oxygen atoms in total. The number of furan rings is 1. The molecule has 0 saturated heterocycles. The molecule has 0 spiro atoms. The number of benzene rings is 1. The van der Waals surface area contributed by atoms with Crippen molar-refractivity contribution in [2.45, 2.75) is 11.0 Å². The second-order valence-corrected chi connectivity index (χ2v) is 8.14. The quantitative estimate of drug-likeness (QED) is 0.616. The number of nitrogens with zero attached hydrogens (tertiary/aromatic N) is 1. The van der Waals surface area contributed by atoms with E-state index in [-0.39, 0.29) is 16.1 Å². The third-order valence-corrected chi connectivity index (χ3v) is 5.39. The fourth-order valence-corrected chi connectivity index (χ4v) is 4.05. The molecule has 11 heteroatoms. The molecule has 28 heavy (non-hydrogen) atoms. The van der Waals surface area contributed by atoms with Gasteiger partial charge in [-0.3, -0.25) is 0 Å². The summed E-state index contributed by atoms with van der Waals surface area (Å²) >= 11 is 5.81. The first-order chi connectivity index (χ1) is 13.1. The van der Waals surface area contributed by atoms with Gasteiger partial charge in [-0.25, -0.2) is 22.2 Å². The number of rotatable bonds is 5. The van der Waals surface area contributed by atoms with Gasteiger partial charge in [0.25, 0.3) is 0 Å². The number of hydrogen-bond acceptors (Lipinski definition) is 7. The van der Waals surface area contributed by atoms with Crippen LogP contribution in [0, 0.1) is 11.6 Å². The number of aromatic nitrogens is 1. The third kappa shape index (κ3) is 3.27. The van der Waals surface area contributed by atoms with E-state index in [1.807, 2.05) is 0 Å². The number of pyridine rings is 1. The van der Waals surface area contributed by atoms with Crippen LogP contribution in [0.15, 0.2) is 27.6 Å². The van der Waals surface area contributed by atoms with Crippen LogP contribution < -0.4 is 9.47 Å². The Morgan fingerprint density at radius 3 is 2.25 bits per heavy atom. The van der Waals surface area contributed by atoms with E-state index in [9.17, 15) is 22.3 Å². The lowest BCUT2D eigenvalue weighted by molar-refractivity contribution is 0.175. The molecule has 0 aliphatic rings. The Kier molecular flexibility index (Phi) is 5.22. The van der Waals surface area contributed by atoms with Gasteiger partial charge in [-0.1, -0.05) is 11.6 Å². The molecule has 3 rings (SSSR count). The van der Waals surface area contributed by atoms with E-state index in [0.717, 1.165) is 32.7 Å².